The molecule has 0 spiro atoms. The average Bonchev–Trinajstić information content (AvgIpc) is 2.06. The first kappa shape index (κ1) is 16.4. The molecule has 0 heterocycles. The predicted molar refractivity (Wildman–Crippen MR) is 62.9 cm³/mol. The molecule has 0 unspecified atom stereocenters. The van der Waals surface area contributed by atoms with E-state index in [0.29, 0.717) is 0 Å². The molecule has 13 heavy (non-hydrogen) atoms. The van der Waals surface area contributed by atoms with Crippen molar-refractivity contribution in [2.24, 2.45) is 0 Å². The molecule has 0 radical (unpaired) electrons. The summed E-state index contributed by atoms with van der Waals surface area (Å²) in [5, 5.41) is 3.24. The van der Waals surface area contributed by atoms with E-state index in [1.54, 1.807) is 11.8 Å². The Balaban J connectivity index is 0. The van der Waals surface area contributed by atoms with E-state index in [9.17, 15) is 0 Å². The Labute approximate surface area is 106 Å². The van der Waals surface area contributed by atoms with Gasteiger partial charge in [-0.1, -0.05) is 50.7 Å². The summed E-state index contributed by atoms with van der Waals surface area (Å²) >= 11 is 6.90. The Morgan fingerprint density at radius 2 is 1.85 bits per heavy atom. The first-order chi connectivity index (χ1) is 5.81. The molecule has 0 aliphatic heterocycles. The van der Waals surface area contributed by atoms with E-state index in [1.807, 2.05) is 0 Å². The van der Waals surface area contributed by atoms with Crippen LogP contribution in [-0.2, 0) is 21.1 Å². The van der Waals surface area contributed by atoms with Crippen molar-refractivity contribution in [3.05, 3.63) is 0 Å². The minimum atomic E-state index is 0. The van der Waals surface area contributed by atoms with Gasteiger partial charge in [-0.15, -0.1) is 0 Å². The van der Waals surface area contributed by atoms with Gasteiger partial charge in [-0.25, -0.2) is 0 Å². The summed E-state index contributed by atoms with van der Waals surface area (Å²) in [5.41, 5.74) is 0. The van der Waals surface area contributed by atoms with Crippen LogP contribution in [0, 0.1) is 0 Å². The largest absolute Gasteiger partial charge is 0.371 e. The Hall–Kier alpha value is 0.928. The molecule has 1 N–H and O–H groups in total. The first-order valence-corrected chi connectivity index (χ1v) is 6.11. The van der Waals surface area contributed by atoms with Crippen molar-refractivity contribution >= 4 is 28.3 Å². The molecule has 0 saturated heterocycles. The second kappa shape index (κ2) is 12.9. The van der Waals surface area contributed by atoms with Gasteiger partial charge in [-0.2, -0.15) is 0 Å². The number of hydrogen-bond donors (Lipinski definition) is 1. The Morgan fingerprint density at radius 1 is 1.23 bits per heavy atom. The van der Waals surface area contributed by atoms with Crippen LogP contribution in [0.2, 0.25) is 0 Å². The molecule has 0 aromatic rings. The molecular formula is C9H19NS2W. The quantitative estimate of drug-likeness (QED) is 0.554. The molecule has 0 fully saturated rings. The smallest absolute Gasteiger partial charge is 0.133 e. The van der Waals surface area contributed by atoms with Crippen LogP contribution in [0.25, 0.3) is 0 Å². The fourth-order valence-corrected chi connectivity index (χ4v) is 1.90. The van der Waals surface area contributed by atoms with Crippen molar-refractivity contribution in [3.63, 3.8) is 0 Å². The minimum Gasteiger partial charge on any atom is -0.371 e. The summed E-state index contributed by atoms with van der Waals surface area (Å²) in [7, 11) is 0. The third kappa shape index (κ3) is 12.9. The zero-order chi connectivity index (χ0) is 9.23. The SMILES string of the molecule is CCCCNC(=S)SCCCC.[W]. The zero-order valence-corrected chi connectivity index (χ0v) is 13.0. The van der Waals surface area contributed by atoms with E-state index in [1.165, 1.54) is 25.7 Å². The van der Waals surface area contributed by atoms with Crippen molar-refractivity contribution in [1.82, 2.24) is 5.32 Å². The van der Waals surface area contributed by atoms with Gasteiger partial charge in [-0.05, 0) is 12.8 Å². The number of thioether (sulfide) groups is 1. The molecule has 0 saturated carbocycles. The Kier molecular flexibility index (Phi) is 16.3. The maximum Gasteiger partial charge on any atom is 0.133 e. The van der Waals surface area contributed by atoms with E-state index >= 15 is 0 Å². The summed E-state index contributed by atoms with van der Waals surface area (Å²) in [6.45, 7) is 5.43. The van der Waals surface area contributed by atoms with Crippen LogP contribution < -0.4 is 5.32 Å². The molecule has 0 aromatic carbocycles. The van der Waals surface area contributed by atoms with Crippen LogP contribution in [0.4, 0.5) is 0 Å². The zero-order valence-electron chi connectivity index (χ0n) is 8.47. The predicted octanol–water partition coefficient (Wildman–Crippen LogP) is 3.19. The third-order valence-corrected chi connectivity index (χ3v) is 2.93. The first-order valence-electron chi connectivity index (χ1n) is 4.71. The number of thiocarbonyl (C=S) groups is 1. The van der Waals surface area contributed by atoms with Crippen molar-refractivity contribution in [3.8, 4) is 0 Å². The van der Waals surface area contributed by atoms with Crippen LogP contribution in [0.5, 0.6) is 0 Å². The number of unbranched alkanes of at least 4 members (excludes halogenated alkanes) is 2. The monoisotopic (exact) mass is 389 g/mol. The minimum absolute atomic E-state index is 0. The Bertz CT molecular complexity index is 108. The van der Waals surface area contributed by atoms with E-state index in [4.69, 9.17) is 12.2 Å². The van der Waals surface area contributed by atoms with Gasteiger partial charge in [0.1, 0.15) is 4.32 Å². The summed E-state index contributed by atoms with van der Waals surface area (Å²) in [4.78, 5) is 0. The summed E-state index contributed by atoms with van der Waals surface area (Å²) in [6, 6.07) is 0. The van der Waals surface area contributed by atoms with E-state index in [0.717, 1.165) is 16.6 Å². The summed E-state index contributed by atoms with van der Waals surface area (Å²) in [6.07, 6.45) is 4.97. The molecular weight excluding hydrogens is 370 g/mol. The molecule has 0 amide bonds. The number of nitrogens with one attached hydrogen (secondary N) is 1. The van der Waals surface area contributed by atoms with Crippen LogP contribution in [0.1, 0.15) is 39.5 Å². The second-order valence-electron chi connectivity index (χ2n) is 2.77. The number of hydrogen-bond acceptors (Lipinski definition) is 2. The average molecular weight is 389 g/mol. The van der Waals surface area contributed by atoms with Gasteiger partial charge in [0.15, 0.2) is 0 Å². The van der Waals surface area contributed by atoms with Crippen molar-refractivity contribution < 1.29 is 21.1 Å². The molecule has 0 bridgehead atoms. The van der Waals surface area contributed by atoms with E-state index in [2.05, 4.69) is 19.2 Å². The topological polar surface area (TPSA) is 12.0 Å². The van der Waals surface area contributed by atoms with Gasteiger partial charge in [0.25, 0.3) is 0 Å². The molecule has 0 rings (SSSR count). The molecule has 0 atom stereocenters. The third-order valence-electron chi connectivity index (χ3n) is 1.53. The van der Waals surface area contributed by atoms with Crippen molar-refractivity contribution in [1.29, 1.82) is 0 Å². The van der Waals surface area contributed by atoms with E-state index < -0.39 is 0 Å². The van der Waals surface area contributed by atoms with Gasteiger partial charge in [0, 0.05) is 33.4 Å². The molecule has 0 aliphatic carbocycles. The van der Waals surface area contributed by atoms with Gasteiger partial charge in [0.05, 0.1) is 0 Å². The van der Waals surface area contributed by atoms with Crippen LogP contribution in [0.15, 0.2) is 0 Å². The maximum atomic E-state index is 5.13. The van der Waals surface area contributed by atoms with Crippen LogP contribution in [-0.4, -0.2) is 16.6 Å². The molecule has 1 nitrogen and oxygen atoms in total. The molecule has 4 heteroatoms. The van der Waals surface area contributed by atoms with Crippen molar-refractivity contribution in [2.45, 2.75) is 39.5 Å². The molecule has 78 valence electrons. The maximum absolute atomic E-state index is 5.13. The number of rotatable bonds is 6. The summed E-state index contributed by atoms with van der Waals surface area (Å²) in [5.74, 6) is 1.16. The fraction of sp³-hybridized carbons (Fsp3) is 0.889. The fourth-order valence-electron chi connectivity index (χ4n) is 0.727. The normalized spacial score (nSPS) is 9.08. The van der Waals surface area contributed by atoms with E-state index in [-0.39, 0.29) is 21.1 Å². The van der Waals surface area contributed by atoms with Crippen LogP contribution >= 0.6 is 24.0 Å². The van der Waals surface area contributed by atoms with Gasteiger partial charge >= 0.3 is 0 Å². The Morgan fingerprint density at radius 3 is 2.38 bits per heavy atom. The van der Waals surface area contributed by atoms with Crippen LogP contribution in [0.3, 0.4) is 0 Å². The summed E-state index contributed by atoms with van der Waals surface area (Å²) < 4.78 is 0.969. The van der Waals surface area contributed by atoms with Crippen molar-refractivity contribution in [2.75, 3.05) is 12.3 Å². The van der Waals surface area contributed by atoms with Gasteiger partial charge < -0.3 is 5.32 Å². The van der Waals surface area contributed by atoms with Gasteiger partial charge in [0.2, 0.25) is 0 Å². The van der Waals surface area contributed by atoms with Gasteiger partial charge in [-0.3, -0.25) is 0 Å². The molecule has 0 aliphatic rings. The standard InChI is InChI=1S/C9H19NS2.W/c1-3-5-7-10-9(11)12-8-6-4-2;/h3-8H2,1-2H3,(H,10,11);. The second-order valence-corrected chi connectivity index (χ2v) is 4.54. The molecule has 0 aromatic heterocycles.